The van der Waals surface area contributed by atoms with Gasteiger partial charge in [-0.05, 0) is 18.2 Å². The van der Waals surface area contributed by atoms with Crippen LogP contribution in [0.3, 0.4) is 0 Å². The number of rotatable bonds is 0. The Morgan fingerprint density at radius 3 is 3.11 bits per heavy atom. The molecule has 5 rings (SSSR count). The third kappa shape index (κ3) is 1.12. The van der Waals surface area contributed by atoms with Gasteiger partial charge in [-0.2, -0.15) is 0 Å². The lowest BCUT2D eigenvalue weighted by Gasteiger charge is -1.89. The van der Waals surface area contributed by atoms with Crippen LogP contribution in [0.5, 0.6) is 0 Å². The molecule has 1 aliphatic rings. The van der Waals surface area contributed by atoms with Gasteiger partial charge in [0.05, 0.1) is 10.9 Å². The molecular weight excluding hydrogens is 256 g/mol. The smallest absolute Gasteiger partial charge is 0.384 e. The van der Waals surface area contributed by atoms with Gasteiger partial charge in [0.2, 0.25) is 5.71 Å². The summed E-state index contributed by atoms with van der Waals surface area (Å²) >= 11 is 1.79. The van der Waals surface area contributed by atoms with Crippen LogP contribution in [-0.4, -0.2) is 4.98 Å². The standard InChI is InChI=1S/C15H9N2OS/c1-2-5-10-9(4-1)8-17-14-12(19-15(10)17)11-6-3-7-16-13(11)18-14/h1-7H,8H2/q+1. The molecule has 4 heterocycles. The molecule has 0 amide bonds. The maximum absolute atomic E-state index is 5.93. The van der Waals surface area contributed by atoms with Crippen LogP contribution in [0, 0.1) is 0 Å². The highest BCUT2D eigenvalue weighted by molar-refractivity contribution is 7.22. The molecule has 0 unspecified atom stereocenters. The molecule has 0 saturated carbocycles. The molecule has 4 heteroatoms. The highest BCUT2D eigenvalue weighted by Crippen LogP contribution is 2.39. The van der Waals surface area contributed by atoms with E-state index in [0.29, 0.717) is 0 Å². The van der Waals surface area contributed by atoms with Gasteiger partial charge in [0.1, 0.15) is 0 Å². The molecule has 0 bridgehead atoms. The van der Waals surface area contributed by atoms with Crippen molar-refractivity contribution in [1.29, 1.82) is 0 Å². The molecule has 0 N–H and O–H groups in total. The molecular formula is C15H9N2OS+. The fraction of sp³-hybridized carbons (Fsp3) is 0.0667. The van der Waals surface area contributed by atoms with Crippen molar-refractivity contribution < 1.29 is 8.98 Å². The summed E-state index contributed by atoms with van der Waals surface area (Å²) in [7, 11) is 0. The Bertz CT molecular complexity index is 951. The van der Waals surface area contributed by atoms with E-state index in [1.54, 1.807) is 17.5 Å². The van der Waals surface area contributed by atoms with Crippen LogP contribution >= 0.6 is 11.3 Å². The van der Waals surface area contributed by atoms with Crippen molar-refractivity contribution in [3.63, 3.8) is 0 Å². The van der Waals surface area contributed by atoms with Crippen LogP contribution in [0.4, 0.5) is 0 Å². The van der Waals surface area contributed by atoms with Crippen LogP contribution in [0.1, 0.15) is 5.56 Å². The van der Waals surface area contributed by atoms with Crippen molar-refractivity contribution >= 4 is 32.8 Å². The van der Waals surface area contributed by atoms with Crippen LogP contribution in [-0.2, 0) is 6.54 Å². The minimum absolute atomic E-state index is 0.731. The van der Waals surface area contributed by atoms with E-state index < -0.39 is 0 Å². The fourth-order valence-electron chi connectivity index (χ4n) is 2.80. The molecule has 0 radical (unpaired) electrons. The fourth-order valence-corrected chi connectivity index (χ4v) is 4.06. The normalized spacial score (nSPS) is 13.1. The molecule has 90 valence electrons. The third-order valence-corrected chi connectivity index (χ3v) is 4.90. The highest BCUT2D eigenvalue weighted by Gasteiger charge is 2.34. The molecule has 0 saturated heterocycles. The highest BCUT2D eigenvalue weighted by atomic mass is 32.1. The first-order valence-corrected chi connectivity index (χ1v) is 7.01. The molecule has 1 aromatic carbocycles. The van der Waals surface area contributed by atoms with E-state index in [4.69, 9.17) is 4.42 Å². The number of nitrogens with zero attached hydrogens (tertiary/aromatic N) is 2. The van der Waals surface area contributed by atoms with Crippen molar-refractivity contribution in [1.82, 2.24) is 4.98 Å². The maximum atomic E-state index is 5.93. The zero-order valence-electron chi connectivity index (χ0n) is 9.96. The van der Waals surface area contributed by atoms with Crippen molar-refractivity contribution in [2.75, 3.05) is 0 Å². The summed E-state index contributed by atoms with van der Waals surface area (Å²) in [6.07, 6.45) is 1.77. The average molecular weight is 265 g/mol. The number of benzene rings is 1. The maximum Gasteiger partial charge on any atom is 0.395 e. The van der Waals surface area contributed by atoms with Crippen molar-refractivity contribution in [2.24, 2.45) is 0 Å². The third-order valence-electron chi connectivity index (χ3n) is 3.67. The largest absolute Gasteiger partial charge is 0.395 e. The van der Waals surface area contributed by atoms with Crippen LogP contribution < -0.4 is 4.57 Å². The molecule has 0 spiro atoms. The van der Waals surface area contributed by atoms with Gasteiger partial charge in [-0.25, -0.2) is 4.98 Å². The second-order valence-corrected chi connectivity index (χ2v) is 5.74. The molecule has 0 atom stereocenters. The Balaban J connectivity index is 1.93. The second-order valence-electron chi connectivity index (χ2n) is 4.74. The van der Waals surface area contributed by atoms with Gasteiger partial charge in [0.15, 0.2) is 11.2 Å². The summed E-state index contributed by atoms with van der Waals surface area (Å²) in [6, 6.07) is 12.6. The van der Waals surface area contributed by atoms with Gasteiger partial charge in [-0.15, -0.1) is 4.57 Å². The topological polar surface area (TPSA) is 29.9 Å². The molecule has 19 heavy (non-hydrogen) atoms. The number of pyridine rings is 1. The number of thiazole rings is 1. The molecule has 4 aromatic rings. The Morgan fingerprint density at radius 1 is 1.16 bits per heavy atom. The average Bonchev–Trinajstić information content (AvgIpc) is 3.07. The minimum atomic E-state index is 0.731. The molecule has 0 aliphatic carbocycles. The van der Waals surface area contributed by atoms with E-state index in [1.807, 2.05) is 6.07 Å². The first-order chi connectivity index (χ1) is 9.42. The van der Waals surface area contributed by atoms with E-state index in [1.165, 1.54) is 20.8 Å². The zero-order chi connectivity index (χ0) is 12.4. The van der Waals surface area contributed by atoms with E-state index in [0.717, 1.165) is 23.4 Å². The Morgan fingerprint density at radius 2 is 2.11 bits per heavy atom. The van der Waals surface area contributed by atoms with E-state index in [9.17, 15) is 0 Å². The molecule has 3 aromatic heterocycles. The quantitative estimate of drug-likeness (QED) is 0.402. The predicted octanol–water partition coefficient (Wildman–Crippen LogP) is 3.36. The first kappa shape index (κ1) is 9.69. The number of fused-ring (bicyclic) bond motifs is 7. The SMILES string of the molecule is c1ccc2c(c1)C[n+]1c-2sc2c3cccnc3oc21. The Hall–Kier alpha value is -2.20. The van der Waals surface area contributed by atoms with Crippen molar-refractivity contribution in [3.05, 3.63) is 48.2 Å². The lowest BCUT2D eigenvalue weighted by Crippen LogP contribution is -2.29. The van der Waals surface area contributed by atoms with Gasteiger partial charge in [0, 0.05) is 11.8 Å². The number of aromatic nitrogens is 2. The van der Waals surface area contributed by atoms with Gasteiger partial charge in [-0.3, -0.25) is 0 Å². The van der Waals surface area contributed by atoms with E-state index in [-0.39, 0.29) is 0 Å². The second kappa shape index (κ2) is 3.22. The monoisotopic (exact) mass is 265 g/mol. The summed E-state index contributed by atoms with van der Waals surface area (Å²) < 4.78 is 9.39. The zero-order valence-corrected chi connectivity index (χ0v) is 10.8. The molecule has 1 aliphatic heterocycles. The summed E-state index contributed by atoms with van der Waals surface area (Å²) in [4.78, 5) is 4.29. The van der Waals surface area contributed by atoms with E-state index >= 15 is 0 Å². The molecule has 0 fully saturated rings. The summed E-state index contributed by atoms with van der Waals surface area (Å²) in [5.41, 5.74) is 4.37. The summed E-state index contributed by atoms with van der Waals surface area (Å²) in [5, 5.41) is 2.40. The number of hydrogen-bond acceptors (Lipinski definition) is 3. The van der Waals surface area contributed by atoms with Crippen LogP contribution in [0.25, 0.3) is 32.1 Å². The lowest BCUT2D eigenvalue weighted by molar-refractivity contribution is -0.648. The molecule has 3 nitrogen and oxygen atoms in total. The van der Waals surface area contributed by atoms with Crippen molar-refractivity contribution in [3.8, 4) is 10.6 Å². The lowest BCUT2D eigenvalue weighted by atomic mass is 10.1. The van der Waals surface area contributed by atoms with Crippen molar-refractivity contribution in [2.45, 2.75) is 6.54 Å². The Labute approximate surface area is 112 Å². The van der Waals surface area contributed by atoms with Crippen LogP contribution in [0.2, 0.25) is 0 Å². The van der Waals surface area contributed by atoms with E-state index in [2.05, 4.69) is 39.9 Å². The van der Waals surface area contributed by atoms with Gasteiger partial charge < -0.3 is 4.42 Å². The minimum Gasteiger partial charge on any atom is -0.384 e. The van der Waals surface area contributed by atoms with Gasteiger partial charge in [-0.1, -0.05) is 29.5 Å². The summed E-state index contributed by atoms with van der Waals surface area (Å²) in [6.45, 7) is 0.894. The number of hydrogen-bond donors (Lipinski definition) is 0. The predicted molar refractivity (Wildman–Crippen MR) is 74.1 cm³/mol. The van der Waals surface area contributed by atoms with Gasteiger partial charge in [0.25, 0.3) is 5.01 Å². The Kier molecular flexibility index (Phi) is 1.64. The van der Waals surface area contributed by atoms with Gasteiger partial charge >= 0.3 is 5.71 Å². The summed E-state index contributed by atoms with van der Waals surface area (Å²) in [5.74, 6) is 0. The first-order valence-electron chi connectivity index (χ1n) is 6.20. The number of furan rings is 1. The van der Waals surface area contributed by atoms with Crippen LogP contribution in [0.15, 0.2) is 47.0 Å².